The highest BCUT2D eigenvalue weighted by Gasteiger charge is 2.54. The Morgan fingerprint density at radius 3 is 2.48 bits per heavy atom. The van der Waals surface area contributed by atoms with Gasteiger partial charge < -0.3 is 15.2 Å². The summed E-state index contributed by atoms with van der Waals surface area (Å²) in [5.74, 6) is 1.03. The van der Waals surface area contributed by atoms with Gasteiger partial charge in [-0.25, -0.2) is 0 Å². The average molecular weight is 298 g/mol. The van der Waals surface area contributed by atoms with E-state index in [0.717, 1.165) is 19.6 Å². The van der Waals surface area contributed by atoms with Crippen molar-refractivity contribution in [1.82, 2.24) is 10.2 Å². The Bertz CT molecular complexity index is 357. The van der Waals surface area contributed by atoms with Crippen molar-refractivity contribution in [3.05, 3.63) is 0 Å². The number of rotatable bonds is 5. The summed E-state index contributed by atoms with van der Waals surface area (Å²) in [4.78, 5) is 2.48. The van der Waals surface area contributed by atoms with Gasteiger partial charge in [-0.05, 0) is 53.1 Å². The number of nitrogens with zero attached hydrogens (tertiary/aromatic N) is 1. The zero-order valence-electron chi connectivity index (χ0n) is 14.6. The fourth-order valence-electron chi connectivity index (χ4n) is 4.50. The van der Waals surface area contributed by atoms with E-state index in [4.69, 9.17) is 4.74 Å². The fraction of sp³-hybridized carbons (Fsp3) is 1.00. The second kappa shape index (κ2) is 6.15. The minimum atomic E-state index is -0.149. The van der Waals surface area contributed by atoms with Gasteiger partial charge in [-0.3, -0.25) is 4.90 Å². The molecule has 0 aromatic carbocycles. The third kappa shape index (κ3) is 3.29. The van der Waals surface area contributed by atoms with Crippen molar-refractivity contribution in [3.63, 3.8) is 0 Å². The number of ether oxygens (including phenoxy) is 1. The summed E-state index contributed by atoms with van der Waals surface area (Å²) < 4.78 is 6.37. The van der Waals surface area contributed by atoms with Gasteiger partial charge in [-0.1, -0.05) is 13.8 Å². The van der Waals surface area contributed by atoms with Crippen LogP contribution in [0, 0.1) is 11.8 Å². The van der Waals surface area contributed by atoms with Gasteiger partial charge in [0, 0.05) is 24.5 Å². The van der Waals surface area contributed by atoms with Gasteiger partial charge in [0.2, 0.25) is 0 Å². The Hall–Kier alpha value is -0.160. The van der Waals surface area contributed by atoms with E-state index in [2.05, 4.69) is 51.8 Å². The van der Waals surface area contributed by atoms with Crippen LogP contribution >= 0.6 is 0 Å². The molecule has 2 N–H and O–H groups in total. The molecule has 0 aromatic heterocycles. The lowest BCUT2D eigenvalue weighted by Crippen LogP contribution is -2.52. The van der Waals surface area contributed by atoms with E-state index >= 15 is 0 Å². The minimum Gasteiger partial charge on any atom is -0.395 e. The van der Waals surface area contributed by atoms with Crippen molar-refractivity contribution >= 4 is 0 Å². The van der Waals surface area contributed by atoms with Crippen LogP contribution in [0.5, 0.6) is 0 Å². The van der Waals surface area contributed by atoms with Gasteiger partial charge >= 0.3 is 0 Å². The van der Waals surface area contributed by atoms with E-state index in [-0.39, 0.29) is 17.8 Å². The molecule has 0 spiro atoms. The molecule has 2 heterocycles. The van der Waals surface area contributed by atoms with E-state index in [1.165, 1.54) is 6.42 Å². The first-order valence-electron chi connectivity index (χ1n) is 8.51. The Morgan fingerprint density at radius 1 is 1.24 bits per heavy atom. The molecule has 4 atom stereocenters. The predicted octanol–water partition coefficient (Wildman–Crippen LogP) is 1.87. The first-order valence-corrected chi connectivity index (χ1v) is 8.51. The smallest absolute Gasteiger partial charge is 0.0790 e. The molecule has 2 aliphatic rings. The molecule has 4 unspecified atom stereocenters. The van der Waals surface area contributed by atoms with Crippen LogP contribution in [0.4, 0.5) is 0 Å². The molecular weight excluding hydrogens is 264 g/mol. The zero-order valence-corrected chi connectivity index (χ0v) is 14.6. The second-order valence-corrected chi connectivity index (χ2v) is 7.96. The Morgan fingerprint density at radius 2 is 1.90 bits per heavy atom. The molecule has 2 rings (SSSR count). The zero-order chi connectivity index (χ0) is 15.8. The number of nitrogens with one attached hydrogen (secondary N) is 1. The molecule has 0 aliphatic carbocycles. The summed E-state index contributed by atoms with van der Waals surface area (Å²) in [6, 6.07) is 0.666. The topological polar surface area (TPSA) is 44.7 Å². The van der Waals surface area contributed by atoms with Gasteiger partial charge in [0.1, 0.15) is 0 Å². The molecule has 0 radical (unpaired) electrons. The molecule has 2 fully saturated rings. The number of likely N-dealkylation sites (tertiary alicyclic amines) is 1. The van der Waals surface area contributed by atoms with E-state index < -0.39 is 0 Å². The number of aliphatic hydroxyl groups excluding tert-OH is 1. The Kier molecular flexibility index (Phi) is 5.04. The van der Waals surface area contributed by atoms with Crippen molar-refractivity contribution in [3.8, 4) is 0 Å². The first-order chi connectivity index (χ1) is 9.73. The molecule has 0 aromatic rings. The summed E-state index contributed by atoms with van der Waals surface area (Å²) in [6.07, 6.45) is 1.19. The number of hydrogen-bond donors (Lipinski definition) is 2. The largest absolute Gasteiger partial charge is 0.395 e. The van der Waals surface area contributed by atoms with Crippen LogP contribution < -0.4 is 5.32 Å². The monoisotopic (exact) mass is 298 g/mol. The highest BCUT2D eigenvalue weighted by molar-refractivity contribution is 5.06. The number of hydrogen-bond acceptors (Lipinski definition) is 4. The van der Waals surface area contributed by atoms with Gasteiger partial charge in [0.25, 0.3) is 0 Å². The third-order valence-corrected chi connectivity index (χ3v) is 5.61. The highest BCUT2D eigenvalue weighted by atomic mass is 16.5. The van der Waals surface area contributed by atoms with E-state index in [9.17, 15) is 5.11 Å². The first kappa shape index (κ1) is 17.2. The highest BCUT2D eigenvalue weighted by Crippen LogP contribution is 2.43. The fourth-order valence-corrected chi connectivity index (χ4v) is 4.50. The maximum absolute atomic E-state index is 9.69. The van der Waals surface area contributed by atoms with Crippen molar-refractivity contribution in [2.45, 2.75) is 71.2 Å². The molecule has 2 saturated heterocycles. The molecule has 4 nitrogen and oxygen atoms in total. The standard InChI is InChI=1S/C17H34N2O2/c1-7-18-15-13(16(3,4)21-17(15,5)6)10-19-9-8-12(2)14(19)11-20/h12-15,18,20H,7-11H2,1-6H3. The predicted molar refractivity (Wildman–Crippen MR) is 86.4 cm³/mol. The van der Waals surface area contributed by atoms with Crippen LogP contribution in [0.2, 0.25) is 0 Å². The third-order valence-electron chi connectivity index (χ3n) is 5.61. The van der Waals surface area contributed by atoms with Gasteiger partial charge in [-0.15, -0.1) is 0 Å². The Balaban J connectivity index is 2.15. The summed E-state index contributed by atoms with van der Waals surface area (Å²) in [5, 5.41) is 13.3. The maximum Gasteiger partial charge on any atom is 0.0790 e. The van der Waals surface area contributed by atoms with E-state index in [0.29, 0.717) is 23.9 Å². The maximum atomic E-state index is 9.69. The average Bonchev–Trinajstić information content (AvgIpc) is 2.79. The number of aliphatic hydroxyl groups is 1. The van der Waals surface area contributed by atoms with Crippen LogP contribution in [0.1, 0.15) is 48.0 Å². The van der Waals surface area contributed by atoms with Crippen molar-refractivity contribution in [1.29, 1.82) is 0 Å². The minimum absolute atomic E-state index is 0.137. The van der Waals surface area contributed by atoms with Crippen LogP contribution in [-0.4, -0.2) is 59.5 Å². The van der Waals surface area contributed by atoms with Crippen molar-refractivity contribution < 1.29 is 9.84 Å². The lowest BCUT2D eigenvalue weighted by atomic mass is 9.82. The quantitative estimate of drug-likeness (QED) is 0.813. The van der Waals surface area contributed by atoms with Crippen LogP contribution in [0.25, 0.3) is 0 Å². The normalized spacial score (nSPS) is 39.0. The van der Waals surface area contributed by atoms with Crippen molar-refractivity contribution in [2.75, 3.05) is 26.2 Å². The lowest BCUT2D eigenvalue weighted by Gasteiger charge is -2.35. The van der Waals surface area contributed by atoms with Gasteiger partial charge in [0.15, 0.2) is 0 Å². The summed E-state index contributed by atoms with van der Waals surface area (Å²) in [6.45, 7) is 16.6. The van der Waals surface area contributed by atoms with Crippen LogP contribution in [0.15, 0.2) is 0 Å². The summed E-state index contributed by atoms with van der Waals surface area (Å²) >= 11 is 0. The van der Waals surface area contributed by atoms with Gasteiger partial charge in [0.05, 0.1) is 17.8 Å². The molecule has 0 bridgehead atoms. The second-order valence-electron chi connectivity index (χ2n) is 7.96. The van der Waals surface area contributed by atoms with Crippen LogP contribution in [0.3, 0.4) is 0 Å². The number of likely N-dealkylation sites (N-methyl/N-ethyl adjacent to an activating group) is 1. The lowest BCUT2D eigenvalue weighted by molar-refractivity contribution is -0.0802. The Labute approximate surface area is 130 Å². The molecule has 2 aliphatic heterocycles. The van der Waals surface area contributed by atoms with E-state index in [1.54, 1.807) is 0 Å². The molecule has 0 amide bonds. The molecule has 21 heavy (non-hydrogen) atoms. The molecule has 124 valence electrons. The van der Waals surface area contributed by atoms with Gasteiger partial charge in [-0.2, -0.15) is 0 Å². The van der Waals surface area contributed by atoms with Crippen LogP contribution in [-0.2, 0) is 4.74 Å². The summed E-state index contributed by atoms with van der Waals surface area (Å²) in [5.41, 5.74) is -0.285. The molecular formula is C17H34N2O2. The SMILES string of the molecule is CCNC1C(CN2CCC(C)C2CO)C(C)(C)OC1(C)C. The van der Waals surface area contributed by atoms with E-state index in [1.807, 2.05) is 0 Å². The molecule has 0 saturated carbocycles. The molecule has 4 heteroatoms. The van der Waals surface area contributed by atoms with Crippen molar-refractivity contribution in [2.24, 2.45) is 11.8 Å². The summed E-state index contributed by atoms with van der Waals surface area (Å²) in [7, 11) is 0.